The highest BCUT2D eigenvalue weighted by Gasteiger charge is 2.42. The summed E-state index contributed by atoms with van der Waals surface area (Å²) in [7, 11) is 0. The van der Waals surface area contributed by atoms with Gasteiger partial charge in [0.1, 0.15) is 0 Å². The molecule has 2 heterocycles. The first-order valence-corrected chi connectivity index (χ1v) is 7.89. The number of aliphatic carboxylic acids is 1. The largest absolute Gasteiger partial charge is 0.481 e. The Hall–Kier alpha value is -1.59. The third-order valence-electron chi connectivity index (χ3n) is 5.21. The number of carbonyl (C=O) groups is 3. The van der Waals surface area contributed by atoms with Crippen LogP contribution in [-0.4, -0.2) is 58.4 Å². The fourth-order valence-electron chi connectivity index (χ4n) is 4.02. The molecule has 6 nitrogen and oxygen atoms in total. The lowest BCUT2D eigenvalue weighted by atomic mass is 9.78. The van der Waals surface area contributed by atoms with Crippen LogP contribution in [0.2, 0.25) is 0 Å². The molecule has 0 bridgehead atoms. The molecule has 6 heteroatoms. The molecule has 0 spiro atoms. The fraction of sp³-hybridized carbons (Fsp3) is 0.800. The molecule has 2 saturated heterocycles. The number of carboxylic acid groups (broad SMARTS) is 1. The molecule has 1 saturated carbocycles. The van der Waals surface area contributed by atoms with Gasteiger partial charge in [-0.05, 0) is 19.3 Å². The van der Waals surface area contributed by atoms with Crippen molar-refractivity contribution >= 4 is 17.8 Å². The maximum absolute atomic E-state index is 12.7. The van der Waals surface area contributed by atoms with E-state index in [1.165, 1.54) is 0 Å². The molecular weight excluding hydrogens is 272 g/mol. The molecule has 2 aliphatic heterocycles. The maximum Gasteiger partial charge on any atom is 0.307 e. The Morgan fingerprint density at radius 1 is 1.05 bits per heavy atom. The van der Waals surface area contributed by atoms with Crippen LogP contribution in [0.5, 0.6) is 0 Å². The minimum Gasteiger partial charge on any atom is -0.481 e. The van der Waals surface area contributed by atoms with Crippen molar-refractivity contribution in [1.29, 1.82) is 0 Å². The Labute approximate surface area is 124 Å². The van der Waals surface area contributed by atoms with Gasteiger partial charge in [-0.1, -0.05) is 12.8 Å². The smallest absolute Gasteiger partial charge is 0.307 e. The highest BCUT2D eigenvalue weighted by molar-refractivity contribution is 5.85. The van der Waals surface area contributed by atoms with Crippen molar-refractivity contribution in [1.82, 2.24) is 9.80 Å². The zero-order chi connectivity index (χ0) is 15.0. The van der Waals surface area contributed by atoms with Gasteiger partial charge in [0.05, 0.1) is 11.8 Å². The molecule has 3 fully saturated rings. The standard InChI is InChI=1S/C15H22N2O4/c18-13-6-5-10-9-16(7-8-17(10)13)14(19)11-3-1-2-4-12(11)15(20)21/h10-12H,1-9H2,(H,20,21). The Balaban J connectivity index is 1.67. The van der Waals surface area contributed by atoms with Crippen molar-refractivity contribution in [2.45, 2.75) is 44.6 Å². The van der Waals surface area contributed by atoms with E-state index in [-0.39, 0.29) is 23.8 Å². The van der Waals surface area contributed by atoms with Crippen molar-refractivity contribution < 1.29 is 19.5 Å². The van der Waals surface area contributed by atoms with Gasteiger partial charge in [-0.25, -0.2) is 0 Å². The van der Waals surface area contributed by atoms with E-state index in [2.05, 4.69) is 0 Å². The summed E-state index contributed by atoms with van der Waals surface area (Å²) >= 11 is 0. The van der Waals surface area contributed by atoms with Crippen LogP contribution in [0.1, 0.15) is 38.5 Å². The van der Waals surface area contributed by atoms with E-state index in [9.17, 15) is 19.5 Å². The summed E-state index contributed by atoms with van der Waals surface area (Å²) in [6.07, 6.45) is 4.50. The van der Waals surface area contributed by atoms with Crippen LogP contribution in [0, 0.1) is 11.8 Å². The van der Waals surface area contributed by atoms with Crippen molar-refractivity contribution in [2.24, 2.45) is 11.8 Å². The lowest BCUT2D eigenvalue weighted by Gasteiger charge is -2.40. The SMILES string of the molecule is O=C(O)C1CCCCC1C(=O)N1CCN2C(=O)CCC2C1. The van der Waals surface area contributed by atoms with Gasteiger partial charge >= 0.3 is 5.97 Å². The van der Waals surface area contributed by atoms with Gasteiger partial charge in [0.2, 0.25) is 11.8 Å². The van der Waals surface area contributed by atoms with E-state index in [0.717, 1.165) is 19.3 Å². The second kappa shape index (κ2) is 5.66. The molecule has 21 heavy (non-hydrogen) atoms. The Bertz CT molecular complexity index is 465. The fourth-order valence-corrected chi connectivity index (χ4v) is 4.02. The molecule has 1 N–H and O–H groups in total. The molecule has 3 unspecified atom stereocenters. The van der Waals surface area contributed by atoms with Gasteiger partial charge < -0.3 is 14.9 Å². The monoisotopic (exact) mass is 294 g/mol. The van der Waals surface area contributed by atoms with Crippen LogP contribution in [-0.2, 0) is 14.4 Å². The predicted octanol–water partition coefficient (Wildman–Crippen LogP) is 0.711. The lowest BCUT2D eigenvalue weighted by Crippen LogP contribution is -2.55. The molecule has 0 aromatic heterocycles. The van der Waals surface area contributed by atoms with Gasteiger partial charge in [0, 0.05) is 32.1 Å². The highest BCUT2D eigenvalue weighted by Crippen LogP contribution is 2.33. The van der Waals surface area contributed by atoms with Crippen LogP contribution in [0.3, 0.4) is 0 Å². The molecule has 0 aromatic carbocycles. The maximum atomic E-state index is 12.7. The summed E-state index contributed by atoms with van der Waals surface area (Å²) < 4.78 is 0. The van der Waals surface area contributed by atoms with Crippen LogP contribution in [0.4, 0.5) is 0 Å². The summed E-state index contributed by atoms with van der Waals surface area (Å²) in [5, 5.41) is 9.32. The lowest BCUT2D eigenvalue weighted by molar-refractivity contribution is -0.154. The van der Waals surface area contributed by atoms with Crippen molar-refractivity contribution in [2.75, 3.05) is 19.6 Å². The third-order valence-corrected chi connectivity index (χ3v) is 5.21. The number of amides is 2. The second-order valence-corrected chi connectivity index (χ2v) is 6.40. The van der Waals surface area contributed by atoms with E-state index in [0.29, 0.717) is 38.9 Å². The molecular formula is C15H22N2O4. The summed E-state index contributed by atoms with van der Waals surface area (Å²) in [5.74, 6) is -1.58. The summed E-state index contributed by atoms with van der Waals surface area (Å²) in [6, 6.07) is 0.141. The third kappa shape index (κ3) is 2.63. The molecule has 116 valence electrons. The summed E-state index contributed by atoms with van der Waals surface area (Å²) in [4.78, 5) is 39.4. The molecule has 0 radical (unpaired) electrons. The molecule has 3 rings (SSSR count). The second-order valence-electron chi connectivity index (χ2n) is 6.40. The van der Waals surface area contributed by atoms with E-state index in [4.69, 9.17) is 0 Å². The highest BCUT2D eigenvalue weighted by atomic mass is 16.4. The van der Waals surface area contributed by atoms with Crippen molar-refractivity contribution in [3.05, 3.63) is 0 Å². The average Bonchev–Trinajstić information content (AvgIpc) is 2.87. The molecule has 3 aliphatic rings. The number of piperazine rings is 1. The number of hydrogen-bond donors (Lipinski definition) is 1. The predicted molar refractivity (Wildman–Crippen MR) is 74.4 cm³/mol. The zero-order valence-corrected chi connectivity index (χ0v) is 12.2. The minimum atomic E-state index is -0.845. The van der Waals surface area contributed by atoms with Crippen LogP contribution in [0.15, 0.2) is 0 Å². The number of nitrogens with zero attached hydrogens (tertiary/aromatic N) is 2. The Morgan fingerprint density at radius 2 is 1.76 bits per heavy atom. The van der Waals surface area contributed by atoms with Crippen LogP contribution >= 0.6 is 0 Å². The average molecular weight is 294 g/mol. The first-order chi connectivity index (χ1) is 10.1. The number of hydrogen-bond acceptors (Lipinski definition) is 3. The zero-order valence-electron chi connectivity index (χ0n) is 12.2. The number of fused-ring (bicyclic) bond motifs is 1. The van der Waals surface area contributed by atoms with Gasteiger partial charge in [-0.2, -0.15) is 0 Å². The van der Waals surface area contributed by atoms with E-state index in [1.54, 1.807) is 4.90 Å². The molecule has 2 amide bonds. The Kier molecular flexibility index (Phi) is 3.87. The number of rotatable bonds is 2. The van der Waals surface area contributed by atoms with E-state index < -0.39 is 11.9 Å². The topological polar surface area (TPSA) is 77.9 Å². The molecule has 0 aromatic rings. The van der Waals surface area contributed by atoms with Gasteiger partial charge in [-0.3, -0.25) is 14.4 Å². The van der Waals surface area contributed by atoms with E-state index >= 15 is 0 Å². The van der Waals surface area contributed by atoms with E-state index in [1.807, 2.05) is 4.90 Å². The minimum absolute atomic E-state index is 0.0129. The summed E-state index contributed by atoms with van der Waals surface area (Å²) in [5.41, 5.74) is 0. The first kappa shape index (κ1) is 14.4. The van der Waals surface area contributed by atoms with Gasteiger partial charge in [0.25, 0.3) is 0 Å². The normalized spacial score (nSPS) is 33.0. The van der Waals surface area contributed by atoms with Crippen LogP contribution < -0.4 is 0 Å². The molecule has 3 atom stereocenters. The summed E-state index contributed by atoms with van der Waals surface area (Å²) in [6.45, 7) is 1.72. The Morgan fingerprint density at radius 3 is 2.48 bits per heavy atom. The van der Waals surface area contributed by atoms with Crippen molar-refractivity contribution in [3.8, 4) is 0 Å². The van der Waals surface area contributed by atoms with Crippen molar-refractivity contribution in [3.63, 3.8) is 0 Å². The number of carbonyl (C=O) groups excluding carboxylic acids is 2. The van der Waals surface area contributed by atoms with Gasteiger partial charge in [-0.15, -0.1) is 0 Å². The first-order valence-electron chi connectivity index (χ1n) is 7.89. The van der Waals surface area contributed by atoms with Gasteiger partial charge in [0.15, 0.2) is 0 Å². The quantitative estimate of drug-likeness (QED) is 0.813. The molecule has 1 aliphatic carbocycles. The van der Waals surface area contributed by atoms with Crippen LogP contribution in [0.25, 0.3) is 0 Å². The number of carboxylic acids is 1.